The van der Waals surface area contributed by atoms with Gasteiger partial charge in [0.2, 0.25) is 5.91 Å². The zero-order chi connectivity index (χ0) is 18.6. The molecule has 2 rings (SSSR count). The van der Waals surface area contributed by atoms with Gasteiger partial charge in [-0.05, 0) is 24.3 Å². The number of benzene rings is 1. The van der Waals surface area contributed by atoms with E-state index in [2.05, 4.69) is 19.1 Å². The monoisotopic (exact) mass is 359 g/mol. The van der Waals surface area contributed by atoms with Crippen LogP contribution < -0.4 is 0 Å². The molecule has 1 heterocycles. The summed E-state index contributed by atoms with van der Waals surface area (Å²) in [4.78, 5) is 12.5. The van der Waals surface area contributed by atoms with Gasteiger partial charge < -0.3 is 0 Å². The molecule has 1 aliphatic heterocycles. The number of carbonyl (C=O) groups excluding carboxylic acids is 1. The van der Waals surface area contributed by atoms with Gasteiger partial charge in [-0.15, -0.1) is 0 Å². The van der Waals surface area contributed by atoms with Crippen LogP contribution in [0, 0.1) is 5.92 Å². The summed E-state index contributed by atoms with van der Waals surface area (Å²) in [6.07, 6.45) is 14.8. The third kappa shape index (κ3) is 6.75. The maximum Gasteiger partial charge on any atom is 0.249 e. The van der Waals surface area contributed by atoms with Crippen LogP contribution in [0.4, 0.5) is 0 Å². The van der Waals surface area contributed by atoms with E-state index in [-0.39, 0.29) is 17.7 Å². The van der Waals surface area contributed by atoms with Gasteiger partial charge in [0, 0.05) is 12.5 Å². The molecule has 146 valence electrons. The first-order valence-electron chi connectivity index (χ1n) is 10.8. The molecule has 1 aromatic carbocycles. The third-order valence-corrected chi connectivity index (χ3v) is 5.81. The van der Waals surface area contributed by atoms with E-state index in [1.54, 1.807) is 0 Å². The van der Waals surface area contributed by atoms with Crippen LogP contribution in [0.5, 0.6) is 0 Å². The molecule has 1 aliphatic rings. The number of piperidine rings is 1. The van der Waals surface area contributed by atoms with Crippen LogP contribution in [-0.4, -0.2) is 22.7 Å². The van der Waals surface area contributed by atoms with Crippen molar-refractivity contribution in [3.05, 3.63) is 35.9 Å². The van der Waals surface area contributed by atoms with Crippen LogP contribution in [0.1, 0.15) is 95.5 Å². The minimum Gasteiger partial charge on any atom is -0.286 e. The Morgan fingerprint density at radius 3 is 2.12 bits per heavy atom. The Hall–Kier alpha value is -1.35. The Labute approximate surface area is 159 Å². The zero-order valence-corrected chi connectivity index (χ0v) is 16.5. The first-order valence-corrected chi connectivity index (χ1v) is 10.8. The van der Waals surface area contributed by atoms with Crippen molar-refractivity contribution >= 4 is 5.91 Å². The highest BCUT2D eigenvalue weighted by atomic mass is 16.5. The summed E-state index contributed by atoms with van der Waals surface area (Å²) in [7, 11) is 0. The molecular formula is C23H37NO2. The molecule has 1 fully saturated rings. The Balaban J connectivity index is 1.69. The molecule has 1 amide bonds. The summed E-state index contributed by atoms with van der Waals surface area (Å²) < 4.78 is 0. The van der Waals surface area contributed by atoms with Gasteiger partial charge in [-0.25, -0.2) is 5.06 Å². The smallest absolute Gasteiger partial charge is 0.249 e. The Morgan fingerprint density at radius 1 is 0.923 bits per heavy atom. The van der Waals surface area contributed by atoms with Crippen molar-refractivity contribution in [3.8, 4) is 0 Å². The predicted molar refractivity (Wildman–Crippen MR) is 107 cm³/mol. The zero-order valence-electron chi connectivity index (χ0n) is 16.5. The Bertz CT molecular complexity index is 502. The number of rotatable bonds is 12. The minimum absolute atomic E-state index is 0.0646. The number of hydroxylamine groups is 2. The molecule has 0 aliphatic carbocycles. The molecule has 2 atom stereocenters. The van der Waals surface area contributed by atoms with Crippen molar-refractivity contribution in [2.75, 3.05) is 6.54 Å². The molecule has 0 radical (unpaired) electrons. The lowest BCUT2D eigenvalue weighted by atomic mass is 9.78. The maximum absolute atomic E-state index is 12.5. The molecular weight excluding hydrogens is 322 g/mol. The normalized spacial score (nSPS) is 20.5. The van der Waals surface area contributed by atoms with Gasteiger partial charge in [-0.3, -0.25) is 10.0 Å². The highest BCUT2D eigenvalue weighted by Crippen LogP contribution is 2.36. The lowest BCUT2D eigenvalue weighted by Gasteiger charge is -2.35. The molecule has 3 nitrogen and oxygen atoms in total. The number of hydrogen-bond donors (Lipinski definition) is 1. The van der Waals surface area contributed by atoms with E-state index in [1.807, 2.05) is 18.2 Å². The second-order valence-corrected chi connectivity index (χ2v) is 7.84. The topological polar surface area (TPSA) is 40.5 Å². The fourth-order valence-electron chi connectivity index (χ4n) is 4.21. The van der Waals surface area contributed by atoms with Crippen molar-refractivity contribution in [2.45, 2.75) is 89.9 Å². The highest BCUT2D eigenvalue weighted by molar-refractivity contribution is 5.79. The minimum atomic E-state index is -0.0824. The second-order valence-electron chi connectivity index (χ2n) is 7.84. The standard InChI is InChI=1S/C23H37NO2/c1-2-3-4-5-6-7-8-9-10-14-17-22-21(18-19-24(26)23(22)25)20-15-12-11-13-16-20/h11-13,15-16,21-22,26H,2-10,14,17-19H2,1H3/t21-,22+/m1/s1. The summed E-state index contributed by atoms with van der Waals surface area (Å²) >= 11 is 0. The Kier molecular flexibility index (Phi) is 9.76. The number of amides is 1. The molecule has 26 heavy (non-hydrogen) atoms. The van der Waals surface area contributed by atoms with Gasteiger partial charge in [0.05, 0.1) is 0 Å². The van der Waals surface area contributed by atoms with Gasteiger partial charge in [0.15, 0.2) is 0 Å². The third-order valence-electron chi connectivity index (χ3n) is 5.81. The van der Waals surface area contributed by atoms with Crippen LogP contribution in [0.3, 0.4) is 0 Å². The molecule has 1 saturated heterocycles. The van der Waals surface area contributed by atoms with Gasteiger partial charge >= 0.3 is 0 Å². The summed E-state index contributed by atoms with van der Waals surface area (Å²) in [5, 5.41) is 10.8. The molecule has 3 heteroatoms. The SMILES string of the molecule is CCCCCCCCCCCC[C@@H]1C(=O)N(O)CC[C@@H]1c1ccccc1. The van der Waals surface area contributed by atoms with Crippen molar-refractivity contribution in [1.29, 1.82) is 0 Å². The van der Waals surface area contributed by atoms with Crippen molar-refractivity contribution in [2.24, 2.45) is 5.92 Å². The van der Waals surface area contributed by atoms with Crippen LogP contribution in [0.2, 0.25) is 0 Å². The van der Waals surface area contributed by atoms with E-state index >= 15 is 0 Å². The molecule has 0 saturated carbocycles. The van der Waals surface area contributed by atoms with Gasteiger partial charge in [-0.1, -0.05) is 101 Å². The molecule has 0 bridgehead atoms. The van der Waals surface area contributed by atoms with Crippen LogP contribution in [-0.2, 0) is 4.79 Å². The summed E-state index contributed by atoms with van der Waals surface area (Å²) in [6, 6.07) is 10.3. The van der Waals surface area contributed by atoms with Gasteiger partial charge in [-0.2, -0.15) is 0 Å². The first kappa shape index (κ1) is 21.0. The molecule has 0 spiro atoms. The first-order chi connectivity index (χ1) is 12.7. The predicted octanol–water partition coefficient (Wildman–Crippen LogP) is 6.32. The lowest BCUT2D eigenvalue weighted by molar-refractivity contribution is -0.177. The van der Waals surface area contributed by atoms with E-state index in [0.29, 0.717) is 6.54 Å². The molecule has 0 aromatic heterocycles. The fraction of sp³-hybridized carbons (Fsp3) is 0.696. The van der Waals surface area contributed by atoms with E-state index in [4.69, 9.17) is 0 Å². The van der Waals surface area contributed by atoms with Crippen LogP contribution in [0.15, 0.2) is 30.3 Å². The van der Waals surface area contributed by atoms with Gasteiger partial charge in [0.25, 0.3) is 0 Å². The Morgan fingerprint density at radius 2 is 1.50 bits per heavy atom. The largest absolute Gasteiger partial charge is 0.286 e. The lowest BCUT2D eigenvalue weighted by Crippen LogP contribution is -2.42. The molecule has 1 N–H and O–H groups in total. The van der Waals surface area contributed by atoms with E-state index in [0.717, 1.165) is 24.3 Å². The van der Waals surface area contributed by atoms with Gasteiger partial charge in [0.1, 0.15) is 0 Å². The van der Waals surface area contributed by atoms with Crippen LogP contribution in [0.25, 0.3) is 0 Å². The van der Waals surface area contributed by atoms with Crippen LogP contribution >= 0.6 is 0 Å². The van der Waals surface area contributed by atoms with E-state index in [1.165, 1.54) is 63.4 Å². The average Bonchev–Trinajstić information content (AvgIpc) is 2.67. The highest BCUT2D eigenvalue weighted by Gasteiger charge is 2.36. The second kappa shape index (κ2) is 12.1. The number of carbonyl (C=O) groups is 1. The number of unbranched alkanes of at least 4 members (excludes halogenated alkanes) is 9. The number of hydrogen-bond acceptors (Lipinski definition) is 2. The molecule has 0 unspecified atom stereocenters. The van der Waals surface area contributed by atoms with Crippen molar-refractivity contribution < 1.29 is 10.0 Å². The molecule has 1 aromatic rings. The average molecular weight is 360 g/mol. The van der Waals surface area contributed by atoms with Crippen molar-refractivity contribution in [3.63, 3.8) is 0 Å². The quantitative estimate of drug-likeness (QED) is 0.350. The van der Waals surface area contributed by atoms with E-state index in [9.17, 15) is 10.0 Å². The summed E-state index contributed by atoms with van der Waals surface area (Å²) in [5.41, 5.74) is 1.24. The summed E-state index contributed by atoms with van der Waals surface area (Å²) in [6.45, 7) is 2.71. The number of nitrogens with zero attached hydrogens (tertiary/aromatic N) is 1. The fourth-order valence-corrected chi connectivity index (χ4v) is 4.21. The van der Waals surface area contributed by atoms with E-state index < -0.39 is 0 Å². The summed E-state index contributed by atoms with van der Waals surface area (Å²) in [5.74, 6) is 0.108. The van der Waals surface area contributed by atoms with Crippen molar-refractivity contribution in [1.82, 2.24) is 5.06 Å². The maximum atomic E-state index is 12.5.